The first kappa shape index (κ1) is 11.7. The molecule has 0 bridgehead atoms. The maximum atomic E-state index is 12.1. The van der Waals surface area contributed by atoms with Crippen LogP contribution >= 0.6 is 0 Å². The van der Waals surface area contributed by atoms with Crippen molar-refractivity contribution in [2.75, 3.05) is 0 Å². The van der Waals surface area contributed by atoms with Gasteiger partial charge in [0.1, 0.15) is 0 Å². The third-order valence-corrected chi connectivity index (χ3v) is 4.62. The molecule has 4 rings (SSSR count). The lowest BCUT2D eigenvalue weighted by Crippen LogP contribution is -2.21. The van der Waals surface area contributed by atoms with E-state index in [0.29, 0.717) is 18.3 Å². The van der Waals surface area contributed by atoms with Crippen LogP contribution in [0.5, 0.6) is 0 Å². The molecule has 1 heteroatoms. The minimum Gasteiger partial charge on any atom is -0.295 e. The van der Waals surface area contributed by atoms with E-state index in [1.807, 2.05) is 12.1 Å². The number of fused-ring (bicyclic) bond motifs is 3. The summed E-state index contributed by atoms with van der Waals surface area (Å²) in [4.78, 5) is 12.1. The fraction of sp³-hybridized carbons (Fsp3) is 0.211. The highest BCUT2D eigenvalue weighted by atomic mass is 16.1. The molecule has 2 aromatic rings. The van der Waals surface area contributed by atoms with Crippen LogP contribution in [-0.4, -0.2) is 5.78 Å². The van der Waals surface area contributed by atoms with Crippen LogP contribution in [0.15, 0.2) is 60.7 Å². The maximum absolute atomic E-state index is 12.1. The van der Waals surface area contributed by atoms with Gasteiger partial charge in [-0.2, -0.15) is 0 Å². The van der Waals surface area contributed by atoms with Crippen LogP contribution in [0.4, 0.5) is 0 Å². The van der Waals surface area contributed by atoms with Crippen LogP contribution in [0.3, 0.4) is 0 Å². The Morgan fingerprint density at radius 1 is 0.800 bits per heavy atom. The molecular formula is C19H16O. The van der Waals surface area contributed by atoms with E-state index in [1.54, 1.807) is 0 Å². The molecule has 0 aliphatic heterocycles. The lowest BCUT2D eigenvalue weighted by molar-refractivity contribution is -0.115. The molecule has 0 unspecified atom stereocenters. The van der Waals surface area contributed by atoms with Gasteiger partial charge < -0.3 is 0 Å². The maximum Gasteiger partial charge on any atom is 0.156 e. The highest BCUT2D eigenvalue weighted by Crippen LogP contribution is 2.48. The lowest BCUT2D eigenvalue weighted by Gasteiger charge is -2.28. The molecule has 0 amide bonds. The summed E-state index contributed by atoms with van der Waals surface area (Å²) in [7, 11) is 0. The van der Waals surface area contributed by atoms with E-state index in [1.165, 1.54) is 22.3 Å². The van der Waals surface area contributed by atoms with Crippen molar-refractivity contribution >= 4 is 11.4 Å². The second-order valence-electron chi connectivity index (χ2n) is 5.76. The molecule has 0 heterocycles. The van der Waals surface area contributed by atoms with Gasteiger partial charge in [0.2, 0.25) is 0 Å². The van der Waals surface area contributed by atoms with Crippen molar-refractivity contribution < 1.29 is 4.79 Å². The molecule has 0 spiro atoms. The Labute approximate surface area is 119 Å². The number of allylic oxidation sites excluding steroid dienone is 2. The first-order chi connectivity index (χ1) is 9.83. The van der Waals surface area contributed by atoms with Crippen molar-refractivity contribution in [1.82, 2.24) is 0 Å². The van der Waals surface area contributed by atoms with E-state index < -0.39 is 0 Å². The van der Waals surface area contributed by atoms with Crippen LogP contribution in [0, 0.1) is 5.92 Å². The first-order valence-electron chi connectivity index (χ1n) is 7.20. The first-order valence-corrected chi connectivity index (χ1v) is 7.20. The molecule has 0 radical (unpaired) electrons. The second-order valence-corrected chi connectivity index (χ2v) is 5.76. The minimum absolute atomic E-state index is 0.266. The van der Waals surface area contributed by atoms with Gasteiger partial charge in [0.05, 0.1) is 0 Å². The number of benzene rings is 2. The third-order valence-electron chi connectivity index (χ3n) is 4.62. The minimum atomic E-state index is 0.266. The van der Waals surface area contributed by atoms with Crippen LogP contribution in [0.2, 0.25) is 0 Å². The second kappa shape index (κ2) is 4.45. The zero-order valence-electron chi connectivity index (χ0n) is 11.3. The summed E-state index contributed by atoms with van der Waals surface area (Å²) < 4.78 is 0. The van der Waals surface area contributed by atoms with E-state index in [9.17, 15) is 4.79 Å². The van der Waals surface area contributed by atoms with Gasteiger partial charge in [-0.25, -0.2) is 0 Å². The van der Waals surface area contributed by atoms with Crippen molar-refractivity contribution in [2.45, 2.75) is 18.8 Å². The Balaban J connectivity index is 1.81. The molecule has 1 nitrogen and oxygen atoms in total. The van der Waals surface area contributed by atoms with Gasteiger partial charge in [-0.1, -0.05) is 54.6 Å². The largest absolute Gasteiger partial charge is 0.295 e. The van der Waals surface area contributed by atoms with Crippen molar-refractivity contribution in [3.8, 4) is 0 Å². The molecule has 0 N–H and O–H groups in total. The Morgan fingerprint density at radius 3 is 2.40 bits per heavy atom. The van der Waals surface area contributed by atoms with Gasteiger partial charge in [0, 0.05) is 6.42 Å². The van der Waals surface area contributed by atoms with Crippen molar-refractivity contribution in [2.24, 2.45) is 5.92 Å². The summed E-state index contributed by atoms with van der Waals surface area (Å²) in [6, 6.07) is 19.0. The third kappa shape index (κ3) is 1.74. The lowest BCUT2D eigenvalue weighted by atomic mass is 9.75. The predicted octanol–water partition coefficient (Wildman–Crippen LogP) is 4.00. The Kier molecular flexibility index (Phi) is 2.59. The summed E-state index contributed by atoms with van der Waals surface area (Å²) >= 11 is 0. The zero-order chi connectivity index (χ0) is 13.5. The fourth-order valence-corrected chi connectivity index (χ4v) is 3.71. The van der Waals surface area contributed by atoms with E-state index in [-0.39, 0.29) is 5.78 Å². The van der Waals surface area contributed by atoms with Gasteiger partial charge in [-0.05, 0) is 46.6 Å². The standard InChI is InChI=1S/C19H16O/c20-15-11-17(13-6-2-1-3-7-13)18-10-14-8-4-5-9-16(14)19(18)12-15/h1-9,12,17-18H,10-11H2/t17-,18-/m1/s1. The zero-order valence-corrected chi connectivity index (χ0v) is 11.3. The Hall–Kier alpha value is -2.15. The van der Waals surface area contributed by atoms with Gasteiger partial charge in [0.15, 0.2) is 5.78 Å². The average Bonchev–Trinajstić information content (AvgIpc) is 2.86. The number of carbonyl (C=O) groups is 1. The predicted molar refractivity (Wildman–Crippen MR) is 80.4 cm³/mol. The molecule has 2 aromatic carbocycles. The molecule has 0 aromatic heterocycles. The average molecular weight is 260 g/mol. The monoisotopic (exact) mass is 260 g/mol. The molecule has 20 heavy (non-hydrogen) atoms. The topological polar surface area (TPSA) is 17.1 Å². The number of hydrogen-bond acceptors (Lipinski definition) is 1. The quantitative estimate of drug-likeness (QED) is 0.757. The van der Waals surface area contributed by atoms with Gasteiger partial charge in [-0.15, -0.1) is 0 Å². The normalized spacial score (nSPS) is 24.0. The van der Waals surface area contributed by atoms with Gasteiger partial charge >= 0.3 is 0 Å². The molecule has 0 saturated heterocycles. The summed E-state index contributed by atoms with van der Waals surface area (Å²) in [6.07, 6.45) is 3.59. The van der Waals surface area contributed by atoms with E-state index in [0.717, 1.165) is 6.42 Å². The van der Waals surface area contributed by atoms with E-state index >= 15 is 0 Å². The van der Waals surface area contributed by atoms with Crippen molar-refractivity contribution in [1.29, 1.82) is 0 Å². The van der Waals surface area contributed by atoms with Crippen molar-refractivity contribution in [3.63, 3.8) is 0 Å². The number of ketones is 1. The summed E-state index contributed by atoms with van der Waals surface area (Å²) in [6.45, 7) is 0. The van der Waals surface area contributed by atoms with Gasteiger partial charge in [0.25, 0.3) is 0 Å². The number of rotatable bonds is 1. The molecule has 2 aliphatic carbocycles. The highest BCUT2D eigenvalue weighted by molar-refractivity contribution is 6.01. The molecular weight excluding hydrogens is 244 g/mol. The summed E-state index contributed by atoms with van der Waals surface area (Å²) in [5.74, 6) is 1.06. The molecule has 2 aliphatic rings. The van der Waals surface area contributed by atoms with Crippen molar-refractivity contribution in [3.05, 3.63) is 77.4 Å². The Morgan fingerprint density at radius 2 is 1.55 bits per heavy atom. The van der Waals surface area contributed by atoms with E-state index in [2.05, 4.69) is 48.5 Å². The Bertz CT molecular complexity index is 697. The number of hydrogen-bond donors (Lipinski definition) is 0. The molecule has 98 valence electrons. The van der Waals surface area contributed by atoms with Crippen LogP contribution in [0.1, 0.15) is 29.0 Å². The van der Waals surface area contributed by atoms with E-state index in [4.69, 9.17) is 0 Å². The number of carbonyl (C=O) groups excluding carboxylic acids is 1. The summed E-state index contributed by atoms with van der Waals surface area (Å²) in [5.41, 5.74) is 5.22. The van der Waals surface area contributed by atoms with Crippen LogP contribution in [-0.2, 0) is 11.2 Å². The fourth-order valence-electron chi connectivity index (χ4n) is 3.71. The van der Waals surface area contributed by atoms with Gasteiger partial charge in [-0.3, -0.25) is 4.79 Å². The molecule has 2 atom stereocenters. The molecule has 0 saturated carbocycles. The molecule has 0 fully saturated rings. The van der Waals surface area contributed by atoms with Crippen LogP contribution < -0.4 is 0 Å². The SMILES string of the molecule is O=C1C=C2c3ccccc3C[C@@H]2[C@@H](c2ccccc2)C1. The summed E-state index contributed by atoms with van der Waals surface area (Å²) in [5, 5.41) is 0. The highest BCUT2D eigenvalue weighted by Gasteiger charge is 2.37. The van der Waals surface area contributed by atoms with Crippen LogP contribution in [0.25, 0.3) is 5.57 Å². The smallest absolute Gasteiger partial charge is 0.156 e.